The molecule has 0 amide bonds. The van der Waals surface area contributed by atoms with Gasteiger partial charge in [0, 0.05) is 23.0 Å². The van der Waals surface area contributed by atoms with Crippen molar-refractivity contribution in [3.63, 3.8) is 0 Å². The van der Waals surface area contributed by atoms with E-state index >= 15 is 0 Å². The van der Waals surface area contributed by atoms with Crippen LogP contribution in [0.5, 0.6) is 5.75 Å². The van der Waals surface area contributed by atoms with Crippen molar-refractivity contribution >= 4 is 38.5 Å². The molecule has 0 aliphatic carbocycles. The standard InChI is InChI=1S/C14H19BrINO/c15-13-8-11-4-7-18-14(11)12(9-13)10-17-6-3-1-2-5-16/h8-9,17H,1-7,10H2. The third kappa shape index (κ3) is 4.10. The molecule has 0 aromatic heterocycles. The molecule has 18 heavy (non-hydrogen) atoms. The Labute approximate surface area is 131 Å². The smallest absolute Gasteiger partial charge is 0.127 e. The van der Waals surface area contributed by atoms with Gasteiger partial charge in [-0.3, -0.25) is 0 Å². The predicted molar refractivity (Wildman–Crippen MR) is 87.8 cm³/mol. The van der Waals surface area contributed by atoms with E-state index in [1.54, 1.807) is 0 Å². The number of hydrogen-bond acceptors (Lipinski definition) is 2. The van der Waals surface area contributed by atoms with Crippen LogP contribution >= 0.6 is 38.5 Å². The van der Waals surface area contributed by atoms with Gasteiger partial charge in [-0.15, -0.1) is 0 Å². The maximum Gasteiger partial charge on any atom is 0.127 e. The quantitative estimate of drug-likeness (QED) is 0.405. The van der Waals surface area contributed by atoms with Crippen molar-refractivity contribution in [1.82, 2.24) is 5.32 Å². The second-order valence-electron chi connectivity index (χ2n) is 4.58. The molecule has 1 aliphatic rings. The molecule has 1 heterocycles. The van der Waals surface area contributed by atoms with Gasteiger partial charge in [0.15, 0.2) is 0 Å². The van der Waals surface area contributed by atoms with Crippen LogP contribution in [-0.2, 0) is 13.0 Å². The molecule has 0 atom stereocenters. The zero-order valence-corrected chi connectivity index (χ0v) is 14.2. The number of rotatable bonds is 7. The fourth-order valence-electron chi connectivity index (χ4n) is 2.22. The fraction of sp³-hybridized carbons (Fsp3) is 0.571. The Morgan fingerprint density at radius 2 is 2.17 bits per heavy atom. The minimum Gasteiger partial charge on any atom is -0.493 e. The highest BCUT2D eigenvalue weighted by Gasteiger charge is 2.16. The molecule has 100 valence electrons. The number of nitrogens with one attached hydrogen (secondary N) is 1. The number of fused-ring (bicyclic) bond motifs is 1. The average Bonchev–Trinajstić information content (AvgIpc) is 2.81. The monoisotopic (exact) mass is 423 g/mol. The lowest BCUT2D eigenvalue weighted by molar-refractivity contribution is 0.352. The summed E-state index contributed by atoms with van der Waals surface area (Å²) in [5.41, 5.74) is 2.62. The Balaban J connectivity index is 1.82. The van der Waals surface area contributed by atoms with E-state index in [-0.39, 0.29) is 0 Å². The Kier molecular flexibility index (Phi) is 6.24. The van der Waals surface area contributed by atoms with Crippen molar-refractivity contribution in [1.29, 1.82) is 0 Å². The first-order valence-corrected chi connectivity index (χ1v) is 8.84. The molecule has 2 rings (SSSR count). The summed E-state index contributed by atoms with van der Waals surface area (Å²) in [5, 5.41) is 3.51. The van der Waals surface area contributed by atoms with Gasteiger partial charge in [-0.05, 0) is 41.5 Å². The number of hydrogen-bond donors (Lipinski definition) is 1. The molecule has 0 unspecified atom stereocenters. The zero-order chi connectivity index (χ0) is 12.8. The molecule has 0 spiro atoms. The van der Waals surface area contributed by atoms with Crippen molar-refractivity contribution < 1.29 is 4.74 Å². The summed E-state index contributed by atoms with van der Waals surface area (Å²) in [7, 11) is 0. The van der Waals surface area contributed by atoms with Crippen LogP contribution < -0.4 is 10.1 Å². The number of unbranched alkanes of at least 4 members (excludes halogenated alkanes) is 2. The summed E-state index contributed by atoms with van der Waals surface area (Å²) < 4.78 is 8.15. The van der Waals surface area contributed by atoms with Crippen LogP contribution in [0.15, 0.2) is 16.6 Å². The molecule has 0 bridgehead atoms. The highest BCUT2D eigenvalue weighted by atomic mass is 127. The average molecular weight is 424 g/mol. The van der Waals surface area contributed by atoms with E-state index in [1.807, 2.05) is 0 Å². The van der Waals surface area contributed by atoms with E-state index in [0.29, 0.717) is 0 Å². The van der Waals surface area contributed by atoms with E-state index in [9.17, 15) is 0 Å². The molecule has 0 radical (unpaired) electrons. The maximum absolute atomic E-state index is 5.72. The number of halogens is 2. The summed E-state index contributed by atoms with van der Waals surface area (Å²) in [6, 6.07) is 4.34. The van der Waals surface area contributed by atoms with E-state index < -0.39 is 0 Å². The SMILES string of the molecule is Brc1cc2c(c(CNCCCCCI)c1)OCC2. The van der Waals surface area contributed by atoms with E-state index in [4.69, 9.17) is 4.74 Å². The molecule has 4 heteroatoms. The molecule has 1 aliphatic heterocycles. The molecule has 0 saturated heterocycles. The molecule has 1 aromatic rings. The second kappa shape index (κ2) is 7.70. The molecular formula is C14H19BrINO. The number of benzene rings is 1. The van der Waals surface area contributed by atoms with Gasteiger partial charge in [0.2, 0.25) is 0 Å². The Bertz CT molecular complexity index is 398. The highest BCUT2D eigenvalue weighted by Crippen LogP contribution is 2.32. The van der Waals surface area contributed by atoms with Crippen molar-refractivity contribution in [2.45, 2.75) is 32.2 Å². The molecular weight excluding hydrogens is 405 g/mol. The fourth-order valence-corrected chi connectivity index (χ4v) is 3.31. The minimum atomic E-state index is 0.828. The van der Waals surface area contributed by atoms with Crippen molar-refractivity contribution in [2.75, 3.05) is 17.6 Å². The van der Waals surface area contributed by atoms with E-state index in [0.717, 1.165) is 36.3 Å². The van der Waals surface area contributed by atoms with Crippen LogP contribution in [0.1, 0.15) is 30.4 Å². The third-order valence-electron chi connectivity index (χ3n) is 3.13. The molecule has 0 saturated carbocycles. The normalized spacial score (nSPS) is 13.4. The van der Waals surface area contributed by atoms with Gasteiger partial charge in [-0.2, -0.15) is 0 Å². The molecule has 1 N–H and O–H groups in total. The van der Waals surface area contributed by atoms with Crippen molar-refractivity contribution in [3.8, 4) is 5.75 Å². The number of ether oxygens (including phenoxy) is 1. The Hall–Kier alpha value is 0.190. The van der Waals surface area contributed by atoms with Gasteiger partial charge >= 0.3 is 0 Å². The first-order chi connectivity index (χ1) is 8.81. The molecule has 0 fully saturated rings. The van der Waals surface area contributed by atoms with E-state index in [2.05, 4.69) is 56.0 Å². The topological polar surface area (TPSA) is 21.3 Å². The maximum atomic E-state index is 5.72. The molecule has 2 nitrogen and oxygen atoms in total. The van der Waals surface area contributed by atoms with Gasteiger partial charge < -0.3 is 10.1 Å². The van der Waals surface area contributed by atoms with Gasteiger partial charge in [-0.1, -0.05) is 44.9 Å². The van der Waals surface area contributed by atoms with Crippen LogP contribution in [0.25, 0.3) is 0 Å². The Morgan fingerprint density at radius 1 is 1.28 bits per heavy atom. The lowest BCUT2D eigenvalue weighted by Crippen LogP contribution is -2.15. The summed E-state index contributed by atoms with van der Waals surface area (Å²) in [6.45, 7) is 2.83. The summed E-state index contributed by atoms with van der Waals surface area (Å²) in [4.78, 5) is 0. The van der Waals surface area contributed by atoms with E-state index in [1.165, 1.54) is 34.8 Å². The number of alkyl halides is 1. The first-order valence-electron chi connectivity index (χ1n) is 6.52. The van der Waals surface area contributed by atoms with Crippen LogP contribution in [0, 0.1) is 0 Å². The largest absolute Gasteiger partial charge is 0.493 e. The lowest BCUT2D eigenvalue weighted by Gasteiger charge is -2.10. The molecule has 1 aromatic carbocycles. The summed E-state index contributed by atoms with van der Waals surface area (Å²) in [5.74, 6) is 1.11. The zero-order valence-electron chi connectivity index (χ0n) is 10.5. The van der Waals surface area contributed by atoms with Crippen LogP contribution in [0.4, 0.5) is 0 Å². The predicted octanol–water partition coefficient (Wildman–Crippen LogP) is 4.08. The van der Waals surface area contributed by atoms with Gasteiger partial charge in [0.1, 0.15) is 5.75 Å². The second-order valence-corrected chi connectivity index (χ2v) is 6.57. The minimum absolute atomic E-state index is 0.828. The third-order valence-corrected chi connectivity index (χ3v) is 4.35. The van der Waals surface area contributed by atoms with Gasteiger partial charge in [-0.25, -0.2) is 0 Å². The van der Waals surface area contributed by atoms with Crippen molar-refractivity contribution in [2.24, 2.45) is 0 Å². The summed E-state index contributed by atoms with van der Waals surface area (Å²) >= 11 is 6.01. The van der Waals surface area contributed by atoms with Crippen LogP contribution in [-0.4, -0.2) is 17.6 Å². The first kappa shape index (κ1) is 14.6. The van der Waals surface area contributed by atoms with Crippen molar-refractivity contribution in [3.05, 3.63) is 27.7 Å². The Morgan fingerprint density at radius 3 is 3.00 bits per heavy atom. The van der Waals surface area contributed by atoms with Crippen LogP contribution in [0.3, 0.4) is 0 Å². The van der Waals surface area contributed by atoms with Crippen LogP contribution in [0.2, 0.25) is 0 Å². The highest BCUT2D eigenvalue weighted by molar-refractivity contribution is 14.1. The summed E-state index contributed by atoms with van der Waals surface area (Å²) in [6.07, 6.45) is 4.96. The lowest BCUT2D eigenvalue weighted by atomic mass is 10.1. The van der Waals surface area contributed by atoms with Gasteiger partial charge in [0.25, 0.3) is 0 Å². The van der Waals surface area contributed by atoms with Gasteiger partial charge in [0.05, 0.1) is 6.61 Å².